The van der Waals surface area contributed by atoms with Crippen molar-refractivity contribution >= 4 is 11.9 Å². The van der Waals surface area contributed by atoms with Crippen molar-refractivity contribution in [3.8, 4) is 0 Å². The van der Waals surface area contributed by atoms with Crippen LogP contribution in [0.25, 0.3) is 0 Å². The zero-order chi connectivity index (χ0) is 18.3. The van der Waals surface area contributed by atoms with Crippen molar-refractivity contribution in [2.45, 2.75) is 59.8 Å². The predicted molar refractivity (Wildman–Crippen MR) is 95.4 cm³/mol. The van der Waals surface area contributed by atoms with Gasteiger partial charge in [-0.1, -0.05) is 46.3 Å². The summed E-state index contributed by atoms with van der Waals surface area (Å²) >= 11 is 0. The molecule has 1 aliphatic carbocycles. The highest BCUT2D eigenvalue weighted by Crippen LogP contribution is 2.48. The van der Waals surface area contributed by atoms with E-state index in [0.717, 1.165) is 25.7 Å². The van der Waals surface area contributed by atoms with Gasteiger partial charge in [-0.3, -0.25) is 0 Å². The minimum absolute atomic E-state index is 0.0307. The molecule has 24 heavy (non-hydrogen) atoms. The van der Waals surface area contributed by atoms with Crippen LogP contribution in [0.5, 0.6) is 0 Å². The maximum absolute atomic E-state index is 11.7. The molecule has 136 valence electrons. The van der Waals surface area contributed by atoms with Crippen LogP contribution in [0.1, 0.15) is 59.8 Å². The zero-order valence-corrected chi connectivity index (χ0v) is 15.7. The molecule has 0 bridgehead atoms. The normalized spacial score (nSPS) is 19.0. The van der Waals surface area contributed by atoms with Crippen molar-refractivity contribution < 1.29 is 19.1 Å². The first-order valence-corrected chi connectivity index (χ1v) is 8.86. The molecule has 2 atom stereocenters. The van der Waals surface area contributed by atoms with E-state index in [4.69, 9.17) is 9.47 Å². The van der Waals surface area contributed by atoms with E-state index in [1.54, 1.807) is 13.8 Å². The highest BCUT2D eigenvalue weighted by Gasteiger charge is 2.42. The van der Waals surface area contributed by atoms with E-state index in [1.807, 2.05) is 0 Å². The van der Waals surface area contributed by atoms with E-state index >= 15 is 0 Å². The van der Waals surface area contributed by atoms with E-state index in [0.29, 0.717) is 24.4 Å². The van der Waals surface area contributed by atoms with E-state index < -0.39 is 0 Å². The molecule has 0 aliphatic heterocycles. The summed E-state index contributed by atoms with van der Waals surface area (Å²) in [7, 11) is 0. The zero-order valence-electron chi connectivity index (χ0n) is 15.7. The average Bonchev–Trinajstić information content (AvgIpc) is 2.56. The number of rotatable bonds is 8. The topological polar surface area (TPSA) is 52.6 Å². The first kappa shape index (κ1) is 20.5. The van der Waals surface area contributed by atoms with Gasteiger partial charge in [-0.2, -0.15) is 0 Å². The molecule has 0 saturated heterocycles. The first-order chi connectivity index (χ1) is 11.2. The van der Waals surface area contributed by atoms with Gasteiger partial charge in [0.05, 0.1) is 13.2 Å². The maximum Gasteiger partial charge on any atom is 0.333 e. The Balaban J connectivity index is 2.76. The monoisotopic (exact) mass is 336 g/mol. The molecule has 0 spiro atoms. The van der Waals surface area contributed by atoms with Gasteiger partial charge in [0.15, 0.2) is 0 Å². The molecule has 2 unspecified atom stereocenters. The first-order valence-electron chi connectivity index (χ1n) is 8.86. The number of hydrogen-bond donors (Lipinski definition) is 0. The van der Waals surface area contributed by atoms with E-state index in [2.05, 4.69) is 27.0 Å². The van der Waals surface area contributed by atoms with Crippen molar-refractivity contribution in [3.63, 3.8) is 0 Å². The standard InChI is InChI=1S/C20H32O4/c1-14(2)18(21)23-12-16(5)20(10-8-7-9-11-20)17(6)13-24-19(22)15(3)4/h16-17H,1,3,7-13H2,2,4-6H3. The lowest BCUT2D eigenvalue weighted by Crippen LogP contribution is -2.42. The van der Waals surface area contributed by atoms with Crippen LogP contribution in [0.2, 0.25) is 0 Å². The van der Waals surface area contributed by atoms with Gasteiger partial charge in [-0.25, -0.2) is 9.59 Å². The van der Waals surface area contributed by atoms with E-state index in [9.17, 15) is 9.59 Å². The van der Waals surface area contributed by atoms with Gasteiger partial charge in [0.25, 0.3) is 0 Å². The Labute approximate surface area is 146 Å². The number of hydrogen-bond acceptors (Lipinski definition) is 4. The summed E-state index contributed by atoms with van der Waals surface area (Å²) in [5.74, 6) is -0.261. The van der Waals surface area contributed by atoms with Crippen molar-refractivity contribution in [3.05, 3.63) is 24.3 Å². The Bertz CT molecular complexity index is 448. The fourth-order valence-corrected chi connectivity index (χ4v) is 3.66. The molecular formula is C20H32O4. The molecule has 0 aromatic rings. The number of carbonyl (C=O) groups is 2. The largest absolute Gasteiger partial charge is 0.462 e. The lowest BCUT2D eigenvalue weighted by atomic mass is 9.60. The van der Waals surface area contributed by atoms with Crippen LogP contribution >= 0.6 is 0 Å². The molecule has 4 nitrogen and oxygen atoms in total. The van der Waals surface area contributed by atoms with Gasteiger partial charge in [-0.05, 0) is 43.9 Å². The van der Waals surface area contributed by atoms with Gasteiger partial charge < -0.3 is 9.47 Å². The fourth-order valence-electron chi connectivity index (χ4n) is 3.66. The third kappa shape index (κ3) is 5.22. The SMILES string of the molecule is C=C(C)C(=O)OCC(C)C1(C(C)COC(=O)C(=C)C)CCCCC1. The lowest BCUT2D eigenvalue weighted by Gasteiger charge is -2.46. The number of carbonyl (C=O) groups excluding carboxylic acids is 2. The highest BCUT2D eigenvalue weighted by molar-refractivity contribution is 5.87. The molecule has 0 radical (unpaired) electrons. The molecular weight excluding hydrogens is 304 g/mol. The van der Waals surface area contributed by atoms with Crippen LogP contribution in [0.15, 0.2) is 24.3 Å². The van der Waals surface area contributed by atoms with Crippen molar-refractivity contribution in [2.24, 2.45) is 17.3 Å². The van der Waals surface area contributed by atoms with E-state index in [1.165, 1.54) is 6.42 Å². The van der Waals surface area contributed by atoms with Crippen LogP contribution in [-0.2, 0) is 19.1 Å². The van der Waals surface area contributed by atoms with Gasteiger partial charge in [0.1, 0.15) is 0 Å². The summed E-state index contributed by atoms with van der Waals surface area (Å²) in [6, 6.07) is 0. The Morgan fingerprint density at radius 3 is 1.58 bits per heavy atom. The third-order valence-corrected chi connectivity index (χ3v) is 5.37. The maximum atomic E-state index is 11.7. The van der Waals surface area contributed by atoms with Crippen molar-refractivity contribution in [1.82, 2.24) is 0 Å². The molecule has 1 fully saturated rings. The van der Waals surface area contributed by atoms with Gasteiger partial charge in [0, 0.05) is 11.1 Å². The predicted octanol–water partition coefficient (Wildman–Crippen LogP) is 4.45. The molecule has 1 saturated carbocycles. The summed E-state index contributed by atoms with van der Waals surface area (Å²) in [6.45, 7) is 15.6. The minimum Gasteiger partial charge on any atom is -0.462 e. The van der Waals surface area contributed by atoms with Crippen LogP contribution < -0.4 is 0 Å². The Morgan fingerprint density at radius 2 is 1.25 bits per heavy atom. The molecule has 0 N–H and O–H groups in total. The molecule has 1 rings (SSSR count). The van der Waals surface area contributed by atoms with Crippen molar-refractivity contribution in [2.75, 3.05) is 13.2 Å². The molecule has 1 aliphatic rings. The quantitative estimate of drug-likeness (QED) is 0.485. The van der Waals surface area contributed by atoms with Crippen LogP contribution in [0.4, 0.5) is 0 Å². The second kappa shape index (κ2) is 9.05. The smallest absolute Gasteiger partial charge is 0.333 e. The van der Waals surface area contributed by atoms with Gasteiger partial charge in [-0.15, -0.1) is 0 Å². The van der Waals surface area contributed by atoms with Crippen LogP contribution in [-0.4, -0.2) is 25.2 Å². The minimum atomic E-state index is -0.339. The van der Waals surface area contributed by atoms with Crippen LogP contribution in [0.3, 0.4) is 0 Å². The summed E-state index contributed by atoms with van der Waals surface area (Å²) in [5, 5.41) is 0. The fraction of sp³-hybridized carbons (Fsp3) is 0.700. The van der Waals surface area contributed by atoms with Gasteiger partial charge in [0.2, 0.25) is 0 Å². The lowest BCUT2D eigenvalue weighted by molar-refractivity contribution is -0.145. The highest BCUT2D eigenvalue weighted by atomic mass is 16.5. The summed E-state index contributed by atoms with van der Waals surface area (Å²) in [6.07, 6.45) is 5.71. The summed E-state index contributed by atoms with van der Waals surface area (Å²) in [5.41, 5.74) is 0.870. The molecule has 0 amide bonds. The Morgan fingerprint density at radius 1 is 0.875 bits per heavy atom. The second-order valence-electron chi connectivity index (χ2n) is 7.35. The second-order valence-corrected chi connectivity index (χ2v) is 7.35. The summed E-state index contributed by atoms with van der Waals surface area (Å²) in [4.78, 5) is 23.4. The van der Waals surface area contributed by atoms with Crippen LogP contribution in [0, 0.1) is 17.3 Å². The third-order valence-electron chi connectivity index (χ3n) is 5.37. The number of esters is 2. The molecule has 0 heterocycles. The average molecular weight is 336 g/mol. The molecule has 0 aromatic carbocycles. The summed E-state index contributed by atoms with van der Waals surface area (Å²) < 4.78 is 10.8. The molecule has 0 aromatic heterocycles. The molecule has 4 heteroatoms. The van der Waals surface area contributed by atoms with Gasteiger partial charge >= 0.3 is 11.9 Å². The van der Waals surface area contributed by atoms with Crippen molar-refractivity contribution in [1.29, 1.82) is 0 Å². The Kier molecular flexibility index (Phi) is 7.71. The number of ether oxygens (including phenoxy) is 2. The Hall–Kier alpha value is -1.58. The van der Waals surface area contributed by atoms with E-state index in [-0.39, 0.29) is 29.2 Å².